The monoisotopic (exact) mass is 330 g/mol. The van der Waals surface area contributed by atoms with E-state index in [2.05, 4.69) is 27.8 Å². The van der Waals surface area contributed by atoms with Gasteiger partial charge < -0.3 is 20.3 Å². The average molecular weight is 330 g/mol. The van der Waals surface area contributed by atoms with Crippen molar-refractivity contribution in [2.45, 2.75) is 31.2 Å². The first-order chi connectivity index (χ1) is 11.7. The Kier molecular flexibility index (Phi) is 5.23. The molecule has 0 radical (unpaired) electrons. The van der Waals surface area contributed by atoms with Gasteiger partial charge in [0.25, 0.3) is 0 Å². The Morgan fingerprint density at radius 3 is 3.00 bits per heavy atom. The fourth-order valence-electron chi connectivity index (χ4n) is 3.37. The Hall–Kier alpha value is -2.24. The van der Waals surface area contributed by atoms with Crippen LogP contribution >= 0.6 is 0 Å². The quantitative estimate of drug-likeness (QED) is 0.648. The van der Waals surface area contributed by atoms with Gasteiger partial charge in [-0.1, -0.05) is 18.2 Å². The third-order valence-electron chi connectivity index (χ3n) is 4.79. The predicted octanol–water partition coefficient (Wildman–Crippen LogP) is 1.34. The number of hydrogen-bond donors (Lipinski definition) is 2. The first-order valence-corrected chi connectivity index (χ1v) is 8.60. The molecule has 3 rings (SSSR count). The maximum atomic E-state index is 11.6. The molecule has 1 fully saturated rings. The van der Waals surface area contributed by atoms with E-state index < -0.39 is 0 Å². The number of carbonyl (C=O) groups is 1. The number of carbonyl (C=O) groups excluding carboxylic acids is 1. The summed E-state index contributed by atoms with van der Waals surface area (Å²) in [7, 11) is 3.64. The molecule has 1 amide bonds. The van der Waals surface area contributed by atoms with E-state index in [1.54, 1.807) is 11.9 Å². The third kappa shape index (κ3) is 3.80. The lowest BCUT2D eigenvalue weighted by molar-refractivity contribution is -0.132. The van der Waals surface area contributed by atoms with Crippen molar-refractivity contribution in [3.8, 4) is 5.75 Å². The minimum atomic E-state index is 0.217. The fourth-order valence-corrected chi connectivity index (χ4v) is 3.37. The number of piperidine rings is 1. The molecule has 6 nitrogen and oxygen atoms in total. The number of nitrogens with zero attached hydrogens (tertiary/aromatic N) is 2. The van der Waals surface area contributed by atoms with Crippen LogP contribution in [0.2, 0.25) is 0 Å². The molecular formula is C18H26N4O2. The van der Waals surface area contributed by atoms with Crippen molar-refractivity contribution in [3.05, 3.63) is 29.8 Å². The number of para-hydroxylation sites is 1. The topological polar surface area (TPSA) is 66.0 Å². The van der Waals surface area contributed by atoms with Gasteiger partial charge >= 0.3 is 0 Å². The van der Waals surface area contributed by atoms with Gasteiger partial charge in [-0.05, 0) is 24.5 Å². The van der Waals surface area contributed by atoms with Crippen molar-refractivity contribution in [2.24, 2.45) is 4.99 Å². The number of hydrogen-bond acceptors (Lipinski definition) is 3. The summed E-state index contributed by atoms with van der Waals surface area (Å²) in [5, 5.41) is 6.87. The fraction of sp³-hybridized carbons (Fsp3) is 0.556. The average Bonchev–Trinajstić information content (AvgIpc) is 2.61. The molecule has 2 atom stereocenters. The summed E-state index contributed by atoms with van der Waals surface area (Å²) >= 11 is 0. The lowest BCUT2D eigenvalue weighted by atomic mass is 9.93. The number of aliphatic imine (C=N–C) groups is 1. The van der Waals surface area contributed by atoms with E-state index in [0.717, 1.165) is 44.2 Å². The molecule has 0 saturated carbocycles. The first kappa shape index (κ1) is 16.6. The number of benzene rings is 1. The van der Waals surface area contributed by atoms with Crippen LogP contribution in [0.25, 0.3) is 0 Å². The maximum Gasteiger partial charge on any atom is 0.222 e. The maximum absolute atomic E-state index is 11.6. The van der Waals surface area contributed by atoms with Crippen molar-refractivity contribution in [1.82, 2.24) is 15.5 Å². The summed E-state index contributed by atoms with van der Waals surface area (Å²) in [6.45, 7) is 2.30. The second kappa shape index (κ2) is 7.55. The van der Waals surface area contributed by atoms with Crippen LogP contribution in [0.1, 0.15) is 30.7 Å². The zero-order valence-electron chi connectivity index (χ0n) is 14.4. The molecule has 2 unspecified atom stereocenters. The number of likely N-dealkylation sites (tertiary alicyclic amines) is 1. The Balaban J connectivity index is 1.55. The molecule has 0 spiro atoms. The molecule has 0 aromatic heterocycles. The number of fused-ring (bicyclic) bond motifs is 1. The number of amides is 1. The van der Waals surface area contributed by atoms with Crippen molar-refractivity contribution in [2.75, 3.05) is 33.8 Å². The molecule has 1 saturated heterocycles. The van der Waals surface area contributed by atoms with Crippen LogP contribution < -0.4 is 15.4 Å². The van der Waals surface area contributed by atoms with Crippen LogP contribution in [-0.4, -0.2) is 56.6 Å². The standard InChI is InChI=1S/C18H26N4O2/c1-19-18(21-14-7-8-17(23)22(2)12-14)20-11-13-9-10-24-16-6-4-3-5-15(13)16/h3-6,13-14H,7-12H2,1-2H3,(H2,19,20,21). The van der Waals surface area contributed by atoms with Gasteiger partial charge in [-0.2, -0.15) is 0 Å². The van der Waals surface area contributed by atoms with Crippen LogP contribution in [0, 0.1) is 0 Å². The highest BCUT2D eigenvalue weighted by Gasteiger charge is 2.24. The summed E-state index contributed by atoms with van der Waals surface area (Å²) in [6.07, 6.45) is 2.45. The van der Waals surface area contributed by atoms with Crippen molar-refractivity contribution >= 4 is 11.9 Å². The van der Waals surface area contributed by atoms with E-state index in [1.807, 2.05) is 19.2 Å². The van der Waals surface area contributed by atoms with Gasteiger partial charge in [0.1, 0.15) is 5.75 Å². The number of guanidine groups is 1. The van der Waals surface area contributed by atoms with E-state index in [1.165, 1.54) is 5.56 Å². The van der Waals surface area contributed by atoms with Crippen molar-refractivity contribution in [1.29, 1.82) is 0 Å². The lowest BCUT2D eigenvalue weighted by Gasteiger charge is -2.32. The molecule has 1 aromatic carbocycles. The van der Waals surface area contributed by atoms with Gasteiger partial charge in [0.2, 0.25) is 5.91 Å². The third-order valence-corrected chi connectivity index (χ3v) is 4.79. The largest absolute Gasteiger partial charge is 0.493 e. The highest BCUT2D eigenvalue weighted by Crippen LogP contribution is 2.32. The van der Waals surface area contributed by atoms with Gasteiger partial charge in [0, 0.05) is 45.6 Å². The summed E-state index contributed by atoms with van der Waals surface area (Å²) in [6, 6.07) is 8.49. The van der Waals surface area contributed by atoms with Crippen LogP contribution in [0.15, 0.2) is 29.3 Å². The molecule has 0 aliphatic carbocycles. The number of likely N-dealkylation sites (N-methyl/N-ethyl adjacent to an activating group) is 1. The molecule has 24 heavy (non-hydrogen) atoms. The van der Waals surface area contributed by atoms with Gasteiger partial charge in [-0.3, -0.25) is 9.79 Å². The summed E-state index contributed by atoms with van der Waals surface area (Å²) in [5.41, 5.74) is 1.26. The lowest BCUT2D eigenvalue weighted by Crippen LogP contribution is -2.52. The van der Waals surface area contributed by atoms with E-state index >= 15 is 0 Å². The predicted molar refractivity (Wildman–Crippen MR) is 94.5 cm³/mol. The van der Waals surface area contributed by atoms with Crippen LogP contribution in [-0.2, 0) is 4.79 Å². The van der Waals surface area contributed by atoms with Crippen LogP contribution in [0.4, 0.5) is 0 Å². The van der Waals surface area contributed by atoms with Crippen molar-refractivity contribution in [3.63, 3.8) is 0 Å². The molecular weight excluding hydrogens is 304 g/mol. The molecule has 2 heterocycles. The van der Waals surface area contributed by atoms with Gasteiger partial charge in [-0.25, -0.2) is 0 Å². The van der Waals surface area contributed by atoms with Crippen LogP contribution in [0.5, 0.6) is 5.75 Å². The Morgan fingerprint density at radius 1 is 1.38 bits per heavy atom. The summed E-state index contributed by atoms with van der Waals surface area (Å²) in [4.78, 5) is 17.7. The Labute approximate surface area is 143 Å². The van der Waals surface area contributed by atoms with E-state index in [0.29, 0.717) is 12.3 Å². The zero-order chi connectivity index (χ0) is 16.9. The highest BCUT2D eigenvalue weighted by atomic mass is 16.5. The summed E-state index contributed by atoms with van der Waals surface area (Å²) in [5.74, 6) is 2.43. The second-order valence-electron chi connectivity index (χ2n) is 6.48. The first-order valence-electron chi connectivity index (χ1n) is 8.60. The van der Waals surface area contributed by atoms with Gasteiger partial charge in [-0.15, -0.1) is 0 Å². The number of ether oxygens (including phenoxy) is 1. The minimum absolute atomic E-state index is 0.217. The van der Waals surface area contributed by atoms with E-state index in [9.17, 15) is 4.79 Å². The van der Waals surface area contributed by atoms with Gasteiger partial charge in [0.05, 0.1) is 6.61 Å². The Bertz CT molecular complexity index is 617. The smallest absolute Gasteiger partial charge is 0.222 e. The molecule has 130 valence electrons. The molecule has 2 N–H and O–H groups in total. The molecule has 2 aliphatic heterocycles. The molecule has 2 aliphatic rings. The zero-order valence-corrected chi connectivity index (χ0v) is 14.4. The van der Waals surface area contributed by atoms with Crippen molar-refractivity contribution < 1.29 is 9.53 Å². The normalized spacial score (nSPS) is 24.2. The summed E-state index contributed by atoms with van der Waals surface area (Å²) < 4.78 is 5.72. The number of rotatable bonds is 3. The SMILES string of the molecule is CN=C(NCC1CCOc2ccccc21)NC1CCC(=O)N(C)C1. The van der Waals surface area contributed by atoms with E-state index in [-0.39, 0.29) is 11.9 Å². The molecule has 6 heteroatoms. The van der Waals surface area contributed by atoms with Gasteiger partial charge in [0.15, 0.2) is 5.96 Å². The van der Waals surface area contributed by atoms with E-state index in [4.69, 9.17) is 4.74 Å². The van der Waals surface area contributed by atoms with Crippen LogP contribution in [0.3, 0.4) is 0 Å². The highest BCUT2D eigenvalue weighted by molar-refractivity contribution is 5.81. The number of nitrogens with one attached hydrogen (secondary N) is 2. The molecule has 0 bridgehead atoms. The Morgan fingerprint density at radius 2 is 2.21 bits per heavy atom. The minimum Gasteiger partial charge on any atom is -0.493 e. The second-order valence-corrected chi connectivity index (χ2v) is 6.48. The molecule has 1 aromatic rings.